The SMILES string of the molecule is C#Cc1cnc(C2CC2)n1C. The van der Waals surface area contributed by atoms with Gasteiger partial charge in [0.1, 0.15) is 11.5 Å². The number of imidazole rings is 1. The van der Waals surface area contributed by atoms with Crippen LogP contribution in [-0.2, 0) is 7.05 Å². The van der Waals surface area contributed by atoms with Crippen LogP contribution in [-0.4, -0.2) is 9.55 Å². The van der Waals surface area contributed by atoms with Gasteiger partial charge in [0.25, 0.3) is 0 Å². The molecule has 2 heteroatoms. The fourth-order valence-corrected chi connectivity index (χ4v) is 1.28. The number of terminal acetylenes is 1. The van der Waals surface area contributed by atoms with E-state index >= 15 is 0 Å². The van der Waals surface area contributed by atoms with Crippen molar-refractivity contribution in [1.82, 2.24) is 9.55 Å². The molecule has 2 rings (SSSR count). The zero-order valence-corrected chi connectivity index (χ0v) is 6.54. The first kappa shape index (κ1) is 6.48. The lowest BCUT2D eigenvalue weighted by Crippen LogP contribution is -1.97. The maximum Gasteiger partial charge on any atom is 0.112 e. The van der Waals surface area contributed by atoms with Gasteiger partial charge in [0.15, 0.2) is 0 Å². The second kappa shape index (κ2) is 2.13. The van der Waals surface area contributed by atoms with Crippen molar-refractivity contribution < 1.29 is 0 Å². The summed E-state index contributed by atoms with van der Waals surface area (Å²) >= 11 is 0. The van der Waals surface area contributed by atoms with Gasteiger partial charge in [0, 0.05) is 13.0 Å². The van der Waals surface area contributed by atoms with Crippen molar-refractivity contribution in [3.8, 4) is 12.3 Å². The smallest absolute Gasteiger partial charge is 0.112 e. The van der Waals surface area contributed by atoms with Crippen molar-refractivity contribution in [2.45, 2.75) is 18.8 Å². The molecule has 1 aromatic heterocycles. The van der Waals surface area contributed by atoms with Crippen LogP contribution in [0, 0.1) is 12.3 Å². The number of hydrogen-bond donors (Lipinski definition) is 0. The Morgan fingerprint density at radius 1 is 1.73 bits per heavy atom. The van der Waals surface area contributed by atoms with Gasteiger partial charge in [-0.25, -0.2) is 4.98 Å². The summed E-state index contributed by atoms with van der Waals surface area (Å²) in [6, 6.07) is 0. The van der Waals surface area contributed by atoms with Gasteiger partial charge < -0.3 is 4.57 Å². The van der Waals surface area contributed by atoms with Gasteiger partial charge in [-0.05, 0) is 12.8 Å². The lowest BCUT2D eigenvalue weighted by molar-refractivity contribution is 0.792. The molecule has 0 aliphatic heterocycles. The van der Waals surface area contributed by atoms with Crippen molar-refractivity contribution in [3.63, 3.8) is 0 Å². The van der Waals surface area contributed by atoms with E-state index in [1.807, 2.05) is 11.6 Å². The Kier molecular flexibility index (Phi) is 1.25. The van der Waals surface area contributed by atoms with E-state index in [-0.39, 0.29) is 0 Å². The third-order valence-corrected chi connectivity index (χ3v) is 2.11. The molecule has 0 spiro atoms. The fourth-order valence-electron chi connectivity index (χ4n) is 1.28. The molecular formula is C9H10N2. The zero-order chi connectivity index (χ0) is 7.84. The van der Waals surface area contributed by atoms with Crippen molar-refractivity contribution in [2.24, 2.45) is 7.05 Å². The molecule has 1 aliphatic rings. The van der Waals surface area contributed by atoms with E-state index in [2.05, 4.69) is 10.9 Å². The summed E-state index contributed by atoms with van der Waals surface area (Å²) in [5.74, 6) is 4.43. The normalized spacial score (nSPS) is 16.4. The molecule has 56 valence electrons. The molecule has 0 bridgehead atoms. The molecule has 1 aliphatic carbocycles. The van der Waals surface area contributed by atoms with Crippen molar-refractivity contribution in [2.75, 3.05) is 0 Å². The predicted octanol–water partition coefficient (Wildman–Crippen LogP) is 1.28. The number of nitrogens with zero attached hydrogens (tertiary/aromatic N) is 2. The molecule has 1 saturated carbocycles. The first-order valence-corrected chi connectivity index (χ1v) is 3.81. The van der Waals surface area contributed by atoms with Crippen molar-refractivity contribution in [1.29, 1.82) is 0 Å². The Balaban J connectivity index is 2.42. The van der Waals surface area contributed by atoms with Gasteiger partial charge >= 0.3 is 0 Å². The lowest BCUT2D eigenvalue weighted by Gasteiger charge is -1.98. The molecule has 1 heterocycles. The Bertz CT molecular complexity index is 313. The molecular weight excluding hydrogens is 136 g/mol. The third kappa shape index (κ3) is 0.932. The number of hydrogen-bond acceptors (Lipinski definition) is 1. The molecule has 11 heavy (non-hydrogen) atoms. The largest absolute Gasteiger partial charge is 0.324 e. The van der Waals surface area contributed by atoms with Crippen LogP contribution in [0.1, 0.15) is 30.3 Å². The number of aromatic nitrogens is 2. The standard InChI is InChI=1S/C9H10N2/c1-3-8-6-10-9(11(8)2)7-4-5-7/h1,6-7H,4-5H2,2H3. The van der Waals surface area contributed by atoms with Crippen molar-refractivity contribution in [3.05, 3.63) is 17.7 Å². The zero-order valence-electron chi connectivity index (χ0n) is 6.54. The summed E-state index contributed by atoms with van der Waals surface area (Å²) in [4.78, 5) is 4.27. The van der Waals surface area contributed by atoms with E-state index in [1.54, 1.807) is 6.20 Å². The molecule has 0 aromatic carbocycles. The van der Waals surface area contributed by atoms with Crippen LogP contribution >= 0.6 is 0 Å². The first-order valence-electron chi connectivity index (χ1n) is 3.81. The maximum atomic E-state index is 5.27. The second-order valence-corrected chi connectivity index (χ2v) is 2.98. The van der Waals surface area contributed by atoms with Gasteiger partial charge in [-0.15, -0.1) is 6.42 Å². The van der Waals surface area contributed by atoms with Gasteiger partial charge in [-0.1, -0.05) is 5.92 Å². The highest BCUT2D eigenvalue weighted by molar-refractivity contribution is 5.26. The Morgan fingerprint density at radius 2 is 2.45 bits per heavy atom. The highest BCUT2D eigenvalue weighted by atomic mass is 15.1. The summed E-state index contributed by atoms with van der Waals surface area (Å²) in [6.07, 6.45) is 9.59. The topological polar surface area (TPSA) is 17.8 Å². The quantitative estimate of drug-likeness (QED) is 0.546. The van der Waals surface area contributed by atoms with Crippen LogP contribution in [0.25, 0.3) is 0 Å². The minimum atomic E-state index is 0.682. The molecule has 0 unspecified atom stereocenters. The van der Waals surface area contributed by atoms with E-state index < -0.39 is 0 Å². The minimum Gasteiger partial charge on any atom is -0.324 e. The number of rotatable bonds is 1. The summed E-state index contributed by atoms with van der Waals surface area (Å²) in [6.45, 7) is 0. The van der Waals surface area contributed by atoms with Crippen LogP contribution in [0.15, 0.2) is 6.20 Å². The van der Waals surface area contributed by atoms with E-state index in [9.17, 15) is 0 Å². The maximum absolute atomic E-state index is 5.27. The lowest BCUT2D eigenvalue weighted by atomic mass is 10.4. The summed E-state index contributed by atoms with van der Waals surface area (Å²) in [7, 11) is 1.98. The van der Waals surface area contributed by atoms with Gasteiger partial charge in [-0.3, -0.25) is 0 Å². The molecule has 0 saturated heterocycles. The highest BCUT2D eigenvalue weighted by Gasteiger charge is 2.27. The molecule has 0 amide bonds. The molecule has 2 nitrogen and oxygen atoms in total. The second-order valence-electron chi connectivity index (χ2n) is 2.98. The van der Waals surface area contributed by atoms with Crippen LogP contribution in [0.2, 0.25) is 0 Å². The van der Waals surface area contributed by atoms with Crippen LogP contribution in [0.3, 0.4) is 0 Å². The molecule has 0 N–H and O–H groups in total. The Labute approximate surface area is 66.3 Å². The third-order valence-electron chi connectivity index (χ3n) is 2.11. The molecule has 1 aromatic rings. The van der Waals surface area contributed by atoms with E-state index in [4.69, 9.17) is 6.42 Å². The molecule has 1 fully saturated rings. The van der Waals surface area contributed by atoms with E-state index in [0.717, 1.165) is 11.5 Å². The average Bonchev–Trinajstić information content (AvgIpc) is 2.77. The first-order chi connectivity index (χ1) is 5.33. The fraction of sp³-hybridized carbons (Fsp3) is 0.444. The van der Waals surface area contributed by atoms with Crippen LogP contribution in [0.4, 0.5) is 0 Å². The van der Waals surface area contributed by atoms with E-state index in [1.165, 1.54) is 12.8 Å². The predicted molar refractivity (Wildman–Crippen MR) is 43.1 cm³/mol. The van der Waals surface area contributed by atoms with Gasteiger partial charge in [0.05, 0.1) is 6.20 Å². The average molecular weight is 146 g/mol. The Hall–Kier alpha value is -1.23. The van der Waals surface area contributed by atoms with Crippen molar-refractivity contribution >= 4 is 0 Å². The van der Waals surface area contributed by atoms with E-state index in [0.29, 0.717) is 5.92 Å². The van der Waals surface area contributed by atoms with Crippen LogP contribution < -0.4 is 0 Å². The minimum absolute atomic E-state index is 0.682. The van der Waals surface area contributed by atoms with Gasteiger partial charge in [0.2, 0.25) is 0 Å². The molecule has 0 atom stereocenters. The summed E-state index contributed by atoms with van der Waals surface area (Å²) < 4.78 is 2.01. The molecule has 0 radical (unpaired) electrons. The highest BCUT2D eigenvalue weighted by Crippen LogP contribution is 2.38. The Morgan fingerprint density at radius 3 is 2.91 bits per heavy atom. The monoisotopic (exact) mass is 146 g/mol. The summed E-state index contributed by atoms with van der Waals surface area (Å²) in [5, 5.41) is 0. The van der Waals surface area contributed by atoms with Crippen LogP contribution in [0.5, 0.6) is 0 Å². The summed E-state index contributed by atoms with van der Waals surface area (Å²) in [5.41, 5.74) is 0.881. The van der Waals surface area contributed by atoms with Gasteiger partial charge in [-0.2, -0.15) is 0 Å².